The molecule has 1 heterocycles. The number of aryl methyl sites for hydroxylation is 1. The Morgan fingerprint density at radius 3 is 2.63 bits per heavy atom. The fourth-order valence-electron chi connectivity index (χ4n) is 2.33. The molecule has 0 aliphatic carbocycles. The van der Waals surface area contributed by atoms with Gasteiger partial charge in [-0.2, -0.15) is 5.10 Å². The molecule has 104 valence electrons. The van der Waals surface area contributed by atoms with E-state index in [0.29, 0.717) is 13.1 Å². The van der Waals surface area contributed by atoms with Crippen LogP contribution in [0.15, 0.2) is 24.3 Å². The Balaban J connectivity index is 2.06. The van der Waals surface area contributed by atoms with Gasteiger partial charge < -0.3 is 10.4 Å². The first-order chi connectivity index (χ1) is 9.09. The molecule has 0 unspecified atom stereocenters. The van der Waals surface area contributed by atoms with Gasteiger partial charge in [0.25, 0.3) is 0 Å². The van der Waals surface area contributed by atoms with Crippen LogP contribution in [0.2, 0.25) is 0 Å². The van der Waals surface area contributed by atoms with Gasteiger partial charge >= 0.3 is 0 Å². The van der Waals surface area contributed by atoms with Gasteiger partial charge in [0.2, 0.25) is 0 Å². The first kappa shape index (κ1) is 14.0. The molecule has 0 aliphatic rings. The highest BCUT2D eigenvalue weighted by Crippen LogP contribution is 2.18. The van der Waals surface area contributed by atoms with Crippen molar-refractivity contribution in [2.24, 2.45) is 7.05 Å². The van der Waals surface area contributed by atoms with Gasteiger partial charge in [0.1, 0.15) is 0 Å². The Morgan fingerprint density at radius 1 is 1.26 bits per heavy atom. The minimum absolute atomic E-state index is 0.602. The van der Waals surface area contributed by atoms with Crippen LogP contribution in [0.4, 0.5) is 0 Å². The van der Waals surface area contributed by atoms with E-state index < -0.39 is 5.60 Å². The molecule has 1 aromatic carbocycles. The molecule has 0 spiro atoms. The van der Waals surface area contributed by atoms with Gasteiger partial charge in [-0.05, 0) is 18.9 Å². The third-order valence-corrected chi connectivity index (χ3v) is 3.90. The third-order valence-electron chi connectivity index (χ3n) is 3.90. The molecular weight excluding hydrogens is 238 g/mol. The van der Waals surface area contributed by atoms with E-state index in [9.17, 15) is 5.11 Å². The van der Waals surface area contributed by atoms with Crippen molar-refractivity contribution < 1.29 is 5.11 Å². The Hall–Kier alpha value is -1.39. The normalized spacial score (nSPS) is 12.2. The second-order valence-electron chi connectivity index (χ2n) is 5.12. The molecule has 0 saturated heterocycles. The summed E-state index contributed by atoms with van der Waals surface area (Å²) in [6.45, 7) is 5.32. The maximum absolute atomic E-state index is 10.2. The molecule has 0 amide bonds. The standard InChI is InChI=1S/C15H23N3O/c1-4-15(19,5-2)11-16-10-13-12-8-6-7-9-14(12)18(3)17-13/h6-9,16,19H,4-5,10-11H2,1-3H3. The molecular formula is C15H23N3O. The van der Waals surface area contributed by atoms with E-state index in [0.717, 1.165) is 24.1 Å². The molecule has 0 saturated carbocycles. The summed E-state index contributed by atoms with van der Waals surface area (Å²) in [4.78, 5) is 0. The number of nitrogens with one attached hydrogen (secondary N) is 1. The van der Waals surface area contributed by atoms with Crippen LogP contribution in [0.25, 0.3) is 10.9 Å². The summed E-state index contributed by atoms with van der Waals surface area (Å²) in [6, 6.07) is 8.21. The van der Waals surface area contributed by atoms with E-state index in [-0.39, 0.29) is 0 Å². The van der Waals surface area contributed by atoms with Gasteiger partial charge in [-0.25, -0.2) is 0 Å². The minimum Gasteiger partial charge on any atom is -0.389 e. The van der Waals surface area contributed by atoms with Gasteiger partial charge in [-0.1, -0.05) is 32.0 Å². The second kappa shape index (κ2) is 5.72. The van der Waals surface area contributed by atoms with Crippen LogP contribution in [0, 0.1) is 0 Å². The van der Waals surface area contributed by atoms with Crippen molar-refractivity contribution in [3.8, 4) is 0 Å². The zero-order valence-corrected chi connectivity index (χ0v) is 12.0. The Kier molecular flexibility index (Phi) is 4.22. The zero-order chi connectivity index (χ0) is 13.9. The Labute approximate surface area is 114 Å². The van der Waals surface area contributed by atoms with E-state index >= 15 is 0 Å². The van der Waals surface area contributed by atoms with Gasteiger partial charge in [0.15, 0.2) is 0 Å². The lowest BCUT2D eigenvalue weighted by atomic mass is 9.97. The van der Waals surface area contributed by atoms with E-state index in [4.69, 9.17) is 0 Å². The number of aliphatic hydroxyl groups is 1. The number of para-hydroxylation sites is 1. The van der Waals surface area contributed by atoms with E-state index in [1.54, 1.807) is 0 Å². The van der Waals surface area contributed by atoms with Crippen LogP contribution >= 0.6 is 0 Å². The lowest BCUT2D eigenvalue weighted by molar-refractivity contribution is 0.0322. The molecule has 19 heavy (non-hydrogen) atoms. The molecule has 4 nitrogen and oxygen atoms in total. The molecule has 0 bridgehead atoms. The summed E-state index contributed by atoms with van der Waals surface area (Å²) in [7, 11) is 1.96. The van der Waals surface area contributed by atoms with E-state index in [1.807, 2.05) is 37.7 Å². The highest BCUT2D eigenvalue weighted by atomic mass is 16.3. The zero-order valence-electron chi connectivity index (χ0n) is 12.0. The van der Waals surface area contributed by atoms with Crippen molar-refractivity contribution in [2.75, 3.05) is 6.54 Å². The van der Waals surface area contributed by atoms with Crippen molar-refractivity contribution in [2.45, 2.75) is 38.8 Å². The first-order valence-corrected chi connectivity index (χ1v) is 6.93. The summed E-state index contributed by atoms with van der Waals surface area (Å²) >= 11 is 0. The number of nitrogens with zero attached hydrogens (tertiary/aromatic N) is 2. The number of hydrogen-bond donors (Lipinski definition) is 2. The Bertz CT molecular complexity index is 543. The summed E-state index contributed by atoms with van der Waals surface area (Å²) < 4.78 is 1.90. The summed E-state index contributed by atoms with van der Waals surface area (Å²) in [6.07, 6.45) is 1.53. The number of rotatable bonds is 6. The van der Waals surface area contributed by atoms with Crippen LogP contribution in [0.3, 0.4) is 0 Å². The lowest BCUT2D eigenvalue weighted by Crippen LogP contribution is -2.39. The summed E-state index contributed by atoms with van der Waals surface area (Å²) in [5.41, 5.74) is 1.57. The van der Waals surface area contributed by atoms with Crippen LogP contribution in [0.5, 0.6) is 0 Å². The molecule has 4 heteroatoms. The monoisotopic (exact) mass is 261 g/mol. The molecule has 0 aliphatic heterocycles. The SMILES string of the molecule is CCC(O)(CC)CNCc1nn(C)c2ccccc12. The average Bonchev–Trinajstić information content (AvgIpc) is 2.76. The molecule has 2 aromatic rings. The number of benzene rings is 1. The van der Waals surface area contributed by atoms with Gasteiger partial charge in [0.05, 0.1) is 16.8 Å². The molecule has 2 rings (SSSR count). The van der Waals surface area contributed by atoms with Crippen molar-refractivity contribution in [1.82, 2.24) is 15.1 Å². The molecule has 0 radical (unpaired) electrons. The largest absolute Gasteiger partial charge is 0.389 e. The molecule has 1 aromatic heterocycles. The highest BCUT2D eigenvalue weighted by molar-refractivity contribution is 5.81. The third kappa shape index (κ3) is 2.96. The molecule has 0 fully saturated rings. The quantitative estimate of drug-likeness (QED) is 0.838. The average molecular weight is 261 g/mol. The highest BCUT2D eigenvalue weighted by Gasteiger charge is 2.21. The number of fused-ring (bicyclic) bond motifs is 1. The first-order valence-electron chi connectivity index (χ1n) is 6.93. The fraction of sp³-hybridized carbons (Fsp3) is 0.533. The molecule has 2 N–H and O–H groups in total. The van der Waals surface area contributed by atoms with Crippen molar-refractivity contribution in [3.05, 3.63) is 30.0 Å². The summed E-state index contributed by atoms with van der Waals surface area (Å²) in [5, 5.41) is 19.3. The Morgan fingerprint density at radius 2 is 1.95 bits per heavy atom. The topological polar surface area (TPSA) is 50.1 Å². The van der Waals surface area contributed by atoms with Crippen LogP contribution in [-0.2, 0) is 13.6 Å². The van der Waals surface area contributed by atoms with Crippen molar-refractivity contribution >= 4 is 10.9 Å². The molecule has 0 atom stereocenters. The predicted octanol–water partition coefficient (Wildman–Crippen LogP) is 2.21. The summed E-state index contributed by atoms with van der Waals surface area (Å²) in [5.74, 6) is 0. The van der Waals surface area contributed by atoms with Gasteiger partial charge in [0, 0.05) is 25.5 Å². The van der Waals surface area contributed by atoms with E-state index in [2.05, 4.69) is 22.5 Å². The number of aromatic nitrogens is 2. The fourth-order valence-corrected chi connectivity index (χ4v) is 2.33. The second-order valence-corrected chi connectivity index (χ2v) is 5.12. The van der Waals surface area contributed by atoms with Crippen LogP contribution in [-0.4, -0.2) is 27.0 Å². The maximum atomic E-state index is 10.2. The van der Waals surface area contributed by atoms with E-state index in [1.165, 1.54) is 5.39 Å². The van der Waals surface area contributed by atoms with Gasteiger partial charge in [-0.3, -0.25) is 4.68 Å². The predicted molar refractivity (Wildman–Crippen MR) is 78.0 cm³/mol. The number of hydrogen-bond acceptors (Lipinski definition) is 3. The van der Waals surface area contributed by atoms with Crippen LogP contribution in [0.1, 0.15) is 32.4 Å². The minimum atomic E-state index is -0.607. The van der Waals surface area contributed by atoms with Gasteiger partial charge in [-0.15, -0.1) is 0 Å². The smallest absolute Gasteiger partial charge is 0.0841 e. The van der Waals surface area contributed by atoms with Crippen molar-refractivity contribution in [3.63, 3.8) is 0 Å². The lowest BCUT2D eigenvalue weighted by Gasteiger charge is -2.25. The van der Waals surface area contributed by atoms with Crippen LogP contribution < -0.4 is 5.32 Å². The van der Waals surface area contributed by atoms with Crippen molar-refractivity contribution in [1.29, 1.82) is 0 Å². The maximum Gasteiger partial charge on any atom is 0.0841 e.